The summed E-state index contributed by atoms with van der Waals surface area (Å²) in [5.41, 5.74) is 3.70. The maximum Gasteiger partial charge on any atom is 0.152 e. The molecule has 1 unspecified atom stereocenters. The van der Waals surface area contributed by atoms with Crippen molar-refractivity contribution in [2.75, 3.05) is 5.32 Å². The summed E-state index contributed by atoms with van der Waals surface area (Å²) in [7, 11) is 0. The Labute approximate surface area is 116 Å². The lowest BCUT2D eigenvalue weighted by Crippen LogP contribution is -2.08. The number of rotatable bonds is 2. The van der Waals surface area contributed by atoms with Crippen LogP contribution in [0.15, 0.2) is 30.5 Å². The van der Waals surface area contributed by atoms with E-state index in [-0.39, 0.29) is 11.9 Å². The minimum Gasteiger partial charge on any atom is -0.376 e. The number of nitrogens with zero attached hydrogens (tertiary/aromatic N) is 1. The lowest BCUT2D eigenvalue weighted by atomic mass is 10.1. The maximum absolute atomic E-state index is 13.7. The molecule has 1 aliphatic carbocycles. The molecule has 0 bridgehead atoms. The van der Waals surface area contributed by atoms with Crippen LogP contribution in [-0.2, 0) is 6.42 Å². The molecule has 3 rings (SSSR count). The Bertz CT molecular complexity index is 628. The fourth-order valence-corrected chi connectivity index (χ4v) is 2.76. The van der Waals surface area contributed by atoms with Gasteiger partial charge in [0.15, 0.2) is 5.15 Å². The molecule has 0 spiro atoms. The summed E-state index contributed by atoms with van der Waals surface area (Å²) < 4.78 is 13.7. The number of nitrogens with one attached hydrogen (secondary N) is 1. The summed E-state index contributed by atoms with van der Waals surface area (Å²) in [6.07, 6.45) is 3.37. The fourth-order valence-electron chi connectivity index (χ4n) is 2.60. The fraction of sp³-hybridized carbons (Fsp3) is 0.267. The Morgan fingerprint density at radius 1 is 1.42 bits per heavy atom. The first-order valence-electron chi connectivity index (χ1n) is 6.31. The highest BCUT2D eigenvalue weighted by Crippen LogP contribution is 2.36. The lowest BCUT2D eigenvalue weighted by molar-refractivity contribution is 0.612. The Morgan fingerprint density at radius 3 is 3.11 bits per heavy atom. The van der Waals surface area contributed by atoms with E-state index in [2.05, 4.69) is 10.3 Å². The molecule has 1 aromatic heterocycles. The normalized spacial score (nSPS) is 17.3. The van der Waals surface area contributed by atoms with E-state index < -0.39 is 0 Å². The zero-order valence-corrected chi connectivity index (χ0v) is 11.3. The zero-order valence-electron chi connectivity index (χ0n) is 10.6. The molecule has 4 heteroatoms. The average Bonchev–Trinajstić information content (AvgIpc) is 2.79. The van der Waals surface area contributed by atoms with Crippen LogP contribution in [0.25, 0.3) is 0 Å². The van der Waals surface area contributed by atoms with Gasteiger partial charge in [0, 0.05) is 6.20 Å². The number of hydrogen-bond acceptors (Lipinski definition) is 2. The highest BCUT2D eigenvalue weighted by Gasteiger charge is 2.25. The number of pyridine rings is 1. The van der Waals surface area contributed by atoms with Crippen molar-refractivity contribution in [3.05, 3.63) is 58.1 Å². The van der Waals surface area contributed by atoms with Gasteiger partial charge in [-0.25, -0.2) is 9.37 Å². The largest absolute Gasteiger partial charge is 0.376 e. The molecule has 2 nitrogen and oxygen atoms in total. The van der Waals surface area contributed by atoms with Crippen molar-refractivity contribution in [1.29, 1.82) is 0 Å². The van der Waals surface area contributed by atoms with Gasteiger partial charge in [-0.15, -0.1) is 0 Å². The molecule has 98 valence electrons. The van der Waals surface area contributed by atoms with Crippen LogP contribution in [0.3, 0.4) is 0 Å². The van der Waals surface area contributed by atoms with E-state index in [0.29, 0.717) is 5.15 Å². The molecule has 1 atom stereocenters. The number of aryl methyl sites for hydroxylation is 1. The van der Waals surface area contributed by atoms with Crippen LogP contribution >= 0.6 is 11.6 Å². The molecule has 0 saturated heterocycles. The van der Waals surface area contributed by atoms with Crippen LogP contribution in [0.4, 0.5) is 10.1 Å². The molecule has 0 aliphatic heterocycles. The summed E-state index contributed by atoms with van der Waals surface area (Å²) in [4.78, 5) is 4.12. The van der Waals surface area contributed by atoms with Crippen molar-refractivity contribution < 1.29 is 4.39 Å². The maximum atomic E-state index is 13.7. The lowest BCUT2D eigenvalue weighted by Gasteiger charge is -2.16. The molecule has 2 aromatic rings. The first-order chi connectivity index (χ1) is 9.15. The Hall–Kier alpha value is -1.61. The van der Waals surface area contributed by atoms with E-state index in [9.17, 15) is 4.39 Å². The van der Waals surface area contributed by atoms with Gasteiger partial charge in [0.25, 0.3) is 0 Å². The SMILES string of the molecule is Cc1cnc(Cl)c(NC2CCc3c(F)cccc32)c1. The molecule has 1 heterocycles. The smallest absolute Gasteiger partial charge is 0.152 e. The Morgan fingerprint density at radius 2 is 2.26 bits per heavy atom. The number of anilines is 1. The number of aromatic nitrogens is 1. The standard InChI is InChI=1S/C15H14ClFN2/c1-9-7-14(15(16)18-8-9)19-13-6-5-10-11(13)3-2-4-12(10)17/h2-4,7-8,13,19H,5-6H2,1H3. The predicted molar refractivity (Wildman–Crippen MR) is 75.1 cm³/mol. The third-order valence-electron chi connectivity index (χ3n) is 3.52. The molecular weight excluding hydrogens is 263 g/mol. The number of hydrogen-bond donors (Lipinski definition) is 1. The van der Waals surface area contributed by atoms with E-state index in [1.807, 2.05) is 19.1 Å². The van der Waals surface area contributed by atoms with Crippen molar-refractivity contribution in [3.8, 4) is 0 Å². The molecule has 19 heavy (non-hydrogen) atoms. The zero-order chi connectivity index (χ0) is 13.4. The van der Waals surface area contributed by atoms with Crippen LogP contribution < -0.4 is 5.32 Å². The number of benzene rings is 1. The van der Waals surface area contributed by atoms with Crippen molar-refractivity contribution in [2.45, 2.75) is 25.8 Å². The molecular formula is C15H14ClFN2. The summed E-state index contributed by atoms with van der Waals surface area (Å²) >= 11 is 6.09. The van der Waals surface area contributed by atoms with Gasteiger partial charge in [0.05, 0.1) is 11.7 Å². The molecule has 0 saturated carbocycles. The van der Waals surface area contributed by atoms with E-state index in [1.165, 1.54) is 6.07 Å². The molecule has 0 fully saturated rings. The van der Waals surface area contributed by atoms with Crippen molar-refractivity contribution in [3.63, 3.8) is 0 Å². The topological polar surface area (TPSA) is 24.9 Å². The first-order valence-corrected chi connectivity index (χ1v) is 6.69. The van der Waals surface area contributed by atoms with E-state index in [4.69, 9.17) is 11.6 Å². The summed E-state index contributed by atoms with van der Waals surface area (Å²) in [6.45, 7) is 1.97. The van der Waals surface area contributed by atoms with Gasteiger partial charge in [0.2, 0.25) is 0 Å². The molecule has 0 amide bonds. The van der Waals surface area contributed by atoms with Crippen LogP contribution in [-0.4, -0.2) is 4.98 Å². The van der Waals surface area contributed by atoms with Crippen LogP contribution in [0, 0.1) is 12.7 Å². The van der Waals surface area contributed by atoms with E-state index >= 15 is 0 Å². The highest BCUT2D eigenvalue weighted by molar-refractivity contribution is 6.32. The summed E-state index contributed by atoms with van der Waals surface area (Å²) in [5, 5.41) is 3.83. The van der Waals surface area contributed by atoms with Gasteiger partial charge in [0.1, 0.15) is 5.82 Å². The van der Waals surface area contributed by atoms with Gasteiger partial charge in [-0.1, -0.05) is 23.7 Å². The van der Waals surface area contributed by atoms with Gasteiger partial charge in [-0.2, -0.15) is 0 Å². The van der Waals surface area contributed by atoms with Gasteiger partial charge in [-0.3, -0.25) is 0 Å². The summed E-state index contributed by atoms with van der Waals surface area (Å²) in [5.74, 6) is -0.115. The Balaban J connectivity index is 1.91. The average molecular weight is 277 g/mol. The quantitative estimate of drug-likeness (QED) is 0.828. The molecule has 1 N–H and O–H groups in total. The highest BCUT2D eigenvalue weighted by atomic mass is 35.5. The molecule has 1 aliphatic rings. The van der Waals surface area contributed by atoms with E-state index in [1.54, 1.807) is 12.3 Å². The van der Waals surface area contributed by atoms with Crippen LogP contribution in [0.1, 0.15) is 29.2 Å². The Kier molecular flexibility index (Phi) is 3.15. The third kappa shape index (κ3) is 2.30. The van der Waals surface area contributed by atoms with Crippen molar-refractivity contribution in [1.82, 2.24) is 4.98 Å². The second-order valence-corrected chi connectivity index (χ2v) is 5.25. The van der Waals surface area contributed by atoms with Gasteiger partial charge in [-0.05, 0) is 48.6 Å². The second-order valence-electron chi connectivity index (χ2n) is 4.89. The van der Waals surface area contributed by atoms with Crippen LogP contribution in [0.2, 0.25) is 5.15 Å². The first kappa shape index (κ1) is 12.4. The predicted octanol–water partition coefficient (Wildman–Crippen LogP) is 4.28. The number of halogens is 2. The van der Waals surface area contributed by atoms with Crippen molar-refractivity contribution in [2.24, 2.45) is 0 Å². The van der Waals surface area contributed by atoms with Crippen molar-refractivity contribution >= 4 is 17.3 Å². The minimum atomic E-state index is -0.115. The second kappa shape index (κ2) is 4.82. The van der Waals surface area contributed by atoms with E-state index in [0.717, 1.165) is 35.2 Å². The third-order valence-corrected chi connectivity index (χ3v) is 3.82. The van der Waals surface area contributed by atoms with Gasteiger partial charge >= 0.3 is 0 Å². The minimum absolute atomic E-state index is 0.104. The molecule has 0 radical (unpaired) electrons. The summed E-state index contributed by atoms with van der Waals surface area (Å²) in [6, 6.07) is 7.31. The van der Waals surface area contributed by atoms with Gasteiger partial charge < -0.3 is 5.32 Å². The monoisotopic (exact) mass is 276 g/mol. The molecule has 1 aromatic carbocycles. The number of fused-ring (bicyclic) bond motifs is 1. The van der Waals surface area contributed by atoms with Crippen LogP contribution in [0.5, 0.6) is 0 Å².